The molecule has 0 amide bonds. The minimum absolute atomic E-state index is 0.882. The Labute approximate surface area is 131 Å². The maximum Gasteiger partial charge on any atom is 0.137 e. The van der Waals surface area contributed by atoms with Crippen molar-refractivity contribution in [3.63, 3.8) is 0 Å². The molecule has 0 saturated carbocycles. The summed E-state index contributed by atoms with van der Waals surface area (Å²) in [5, 5.41) is 2.30. The van der Waals surface area contributed by atoms with E-state index in [-0.39, 0.29) is 0 Å². The second-order valence-electron chi connectivity index (χ2n) is 5.61. The molecule has 0 fully saturated rings. The molecular formula is C19H13N3O. The van der Waals surface area contributed by atoms with Crippen LogP contribution in [-0.4, -0.2) is 15.0 Å². The molecule has 4 aromatic heterocycles. The molecule has 0 saturated heterocycles. The SMILES string of the molecule is c1cc2cc(-c3cnc4[nH]cc(-c5ccoc5)c4c3)ccc2[nH]1. The molecule has 110 valence electrons. The maximum absolute atomic E-state index is 5.20. The van der Waals surface area contributed by atoms with Crippen molar-refractivity contribution in [2.24, 2.45) is 0 Å². The molecule has 2 N–H and O–H groups in total. The molecule has 0 radical (unpaired) electrons. The zero-order valence-corrected chi connectivity index (χ0v) is 12.2. The summed E-state index contributed by atoms with van der Waals surface area (Å²) in [6.07, 6.45) is 9.28. The first-order valence-electron chi connectivity index (χ1n) is 7.46. The largest absolute Gasteiger partial charge is 0.472 e. The van der Waals surface area contributed by atoms with Gasteiger partial charge in [0, 0.05) is 46.2 Å². The summed E-state index contributed by atoms with van der Waals surface area (Å²) in [6, 6.07) is 12.6. The van der Waals surface area contributed by atoms with Crippen LogP contribution in [0.2, 0.25) is 0 Å². The van der Waals surface area contributed by atoms with Crippen molar-refractivity contribution >= 4 is 21.9 Å². The van der Waals surface area contributed by atoms with Gasteiger partial charge in [0.2, 0.25) is 0 Å². The molecule has 5 rings (SSSR count). The lowest BCUT2D eigenvalue weighted by atomic mass is 10.0. The summed E-state index contributed by atoms with van der Waals surface area (Å²) in [4.78, 5) is 11.0. The number of pyridine rings is 1. The lowest BCUT2D eigenvalue weighted by molar-refractivity contribution is 0.568. The Kier molecular flexibility index (Phi) is 2.46. The minimum Gasteiger partial charge on any atom is -0.472 e. The molecular weight excluding hydrogens is 286 g/mol. The summed E-state index contributed by atoms with van der Waals surface area (Å²) in [6.45, 7) is 0. The zero-order valence-electron chi connectivity index (χ0n) is 12.2. The number of hydrogen-bond acceptors (Lipinski definition) is 2. The number of hydrogen-bond donors (Lipinski definition) is 2. The molecule has 4 heteroatoms. The second-order valence-corrected chi connectivity index (χ2v) is 5.61. The van der Waals surface area contributed by atoms with Crippen LogP contribution in [0.25, 0.3) is 44.2 Å². The third kappa shape index (κ3) is 1.89. The van der Waals surface area contributed by atoms with Gasteiger partial charge in [0.25, 0.3) is 0 Å². The van der Waals surface area contributed by atoms with Gasteiger partial charge in [-0.05, 0) is 41.3 Å². The Balaban J connectivity index is 1.71. The highest BCUT2D eigenvalue weighted by molar-refractivity contribution is 5.96. The van der Waals surface area contributed by atoms with E-state index in [9.17, 15) is 0 Å². The summed E-state index contributed by atoms with van der Waals surface area (Å²) in [7, 11) is 0. The van der Waals surface area contributed by atoms with E-state index in [0.717, 1.165) is 38.8 Å². The molecule has 0 aliphatic carbocycles. The lowest BCUT2D eigenvalue weighted by Gasteiger charge is -2.03. The van der Waals surface area contributed by atoms with Gasteiger partial charge < -0.3 is 14.4 Å². The standard InChI is InChI=1S/C19H13N3O/c1-2-18-13(3-5-20-18)7-12(1)15-8-16-17(14-4-6-23-11-14)10-22-19(16)21-9-15/h1-11,20H,(H,21,22). The number of furan rings is 1. The van der Waals surface area contributed by atoms with E-state index in [1.807, 2.05) is 24.7 Å². The Morgan fingerprint density at radius 2 is 1.91 bits per heavy atom. The van der Waals surface area contributed by atoms with Crippen molar-refractivity contribution in [3.8, 4) is 22.3 Å². The Morgan fingerprint density at radius 3 is 2.83 bits per heavy atom. The van der Waals surface area contributed by atoms with Crippen LogP contribution in [0, 0.1) is 0 Å². The number of aromatic amines is 2. The van der Waals surface area contributed by atoms with Crippen molar-refractivity contribution in [2.45, 2.75) is 0 Å². The van der Waals surface area contributed by atoms with E-state index >= 15 is 0 Å². The first-order chi connectivity index (χ1) is 11.4. The fourth-order valence-corrected chi connectivity index (χ4v) is 3.05. The molecule has 4 nitrogen and oxygen atoms in total. The fourth-order valence-electron chi connectivity index (χ4n) is 3.05. The average molecular weight is 299 g/mol. The highest BCUT2D eigenvalue weighted by Crippen LogP contribution is 2.31. The predicted molar refractivity (Wildman–Crippen MR) is 91.1 cm³/mol. The summed E-state index contributed by atoms with van der Waals surface area (Å²) < 4.78 is 5.20. The summed E-state index contributed by atoms with van der Waals surface area (Å²) in [5.74, 6) is 0. The van der Waals surface area contributed by atoms with E-state index in [4.69, 9.17) is 4.42 Å². The van der Waals surface area contributed by atoms with Crippen LogP contribution in [0.3, 0.4) is 0 Å². The monoisotopic (exact) mass is 299 g/mol. The van der Waals surface area contributed by atoms with Crippen LogP contribution in [-0.2, 0) is 0 Å². The van der Waals surface area contributed by atoms with Gasteiger partial charge in [-0.3, -0.25) is 0 Å². The van der Waals surface area contributed by atoms with E-state index < -0.39 is 0 Å². The van der Waals surface area contributed by atoms with Gasteiger partial charge in [-0.1, -0.05) is 6.07 Å². The molecule has 0 aliphatic rings. The summed E-state index contributed by atoms with van der Waals surface area (Å²) in [5.41, 5.74) is 6.44. The predicted octanol–water partition coefficient (Wildman–Crippen LogP) is 4.97. The number of aromatic nitrogens is 3. The van der Waals surface area contributed by atoms with Gasteiger partial charge >= 0.3 is 0 Å². The van der Waals surface area contributed by atoms with Crippen molar-refractivity contribution < 1.29 is 4.42 Å². The maximum atomic E-state index is 5.20. The highest BCUT2D eigenvalue weighted by Gasteiger charge is 2.10. The number of H-pyrrole nitrogens is 2. The van der Waals surface area contributed by atoms with Crippen molar-refractivity contribution in [3.05, 3.63) is 67.5 Å². The van der Waals surface area contributed by atoms with E-state index in [2.05, 4.69) is 45.3 Å². The Bertz CT molecular complexity index is 1120. The number of rotatable bonds is 2. The van der Waals surface area contributed by atoms with E-state index in [0.29, 0.717) is 0 Å². The third-order valence-electron chi connectivity index (χ3n) is 4.25. The van der Waals surface area contributed by atoms with Crippen LogP contribution in [0.1, 0.15) is 0 Å². The molecule has 1 aromatic carbocycles. The minimum atomic E-state index is 0.882. The molecule has 5 aromatic rings. The molecule has 23 heavy (non-hydrogen) atoms. The Hall–Kier alpha value is -3.27. The Morgan fingerprint density at radius 1 is 0.913 bits per heavy atom. The average Bonchev–Trinajstić information content (AvgIpc) is 3.32. The first-order valence-corrected chi connectivity index (χ1v) is 7.46. The molecule has 0 bridgehead atoms. The summed E-state index contributed by atoms with van der Waals surface area (Å²) >= 11 is 0. The second kappa shape index (κ2) is 4.61. The van der Waals surface area contributed by atoms with Gasteiger partial charge in [-0.2, -0.15) is 0 Å². The van der Waals surface area contributed by atoms with Crippen LogP contribution in [0.15, 0.2) is 71.9 Å². The number of nitrogens with one attached hydrogen (secondary N) is 2. The third-order valence-corrected chi connectivity index (χ3v) is 4.25. The molecule has 4 heterocycles. The van der Waals surface area contributed by atoms with E-state index in [1.54, 1.807) is 12.5 Å². The molecule has 0 unspecified atom stereocenters. The van der Waals surface area contributed by atoms with Gasteiger partial charge in [-0.25, -0.2) is 4.98 Å². The molecule has 0 atom stereocenters. The number of fused-ring (bicyclic) bond motifs is 2. The number of nitrogens with zero attached hydrogens (tertiary/aromatic N) is 1. The first kappa shape index (κ1) is 12.3. The van der Waals surface area contributed by atoms with Crippen LogP contribution < -0.4 is 0 Å². The molecule has 0 spiro atoms. The van der Waals surface area contributed by atoms with Gasteiger partial charge in [0.1, 0.15) is 5.65 Å². The van der Waals surface area contributed by atoms with Crippen LogP contribution >= 0.6 is 0 Å². The van der Waals surface area contributed by atoms with Gasteiger partial charge in [0.15, 0.2) is 0 Å². The lowest BCUT2D eigenvalue weighted by Crippen LogP contribution is -1.82. The van der Waals surface area contributed by atoms with Crippen LogP contribution in [0.4, 0.5) is 0 Å². The highest BCUT2D eigenvalue weighted by atomic mass is 16.3. The smallest absolute Gasteiger partial charge is 0.137 e. The normalized spacial score (nSPS) is 11.5. The topological polar surface area (TPSA) is 57.6 Å². The van der Waals surface area contributed by atoms with E-state index in [1.165, 1.54) is 5.39 Å². The zero-order chi connectivity index (χ0) is 15.2. The molecule has 0 aliphatic heterocycles. The van der Waals surface area contributed by atoms with Crippen molar-refractivity contribution in [1.29, 1.82) is 0 Å². The van der Waals surface area contributed by atoms with Gasteiger partial charge in [0.05, 0.1) is 12.5 Å². The van der Waals surface area contributed by atoms with Gasteiger partial charge in [-0.15, -0.1) is 0 Å². The van der Waals surface area contributed by atoms with Crippen molar-refractivity contribution in [2.75, 3.05) is 0 Å². The van der Waals surface area contributed by atoms with Crippen LogP contribution in [0.5, 0.6) is 0 Å². The number of benzene rings is 1. The van der Waals surface area contributed by atoms with Crippen molar-refractivity contribution in [1.82, 2.24) is 15.0 Å². The quantitative estimate of drug-likeness (QED) is 0.483. The fraction of sp³-hybridized carbons (Fsp3) is 0.